The zero-order valence-electron chi connectivity index (χ0n) is 7.66. The summed E-state index contributed by atoms with van der Waals surface area (Å²) in [5.41, 5.74) is 7.97. The summed E-state index contributed by atoms with van der Waals surface area (Å²) in [6.45, 7) is 0. The Bertz CT molecular complexity index is 598. The Labute approximate surface area is 84.4 Å². The molecule has 0 saturated carbocycles. The van der Waals surface area contributed by atoms with Crippen molar-refractivity contribution in [3.63, 3.8) is 0 Å². The van der Waals surface area contributed by atoms with Crippen molar-refractivity contribution in [1.82, 2.24) is 19.7 Å². The van der Waals surface area contributed by atoms with Crippen LogP contribution in [0.3, 0.4) is 0 Å². The number of hydrogen-bond acceptors (Lipinski definition) is 5. The third-order valence-electron chi connectivity index (χ3n) is 2.14. The molecule has 0 amide bonds. The van der Waals surface area contributed by atoms with Gasteiger partial charge in [-0.1, -0.05) is 0 Å². The fourth-order valence-corrected chi connectivity index (χ4v) is 1.46. The molecule has 0 radical (unpaired) electrons. The minimum Gasteiger partial charge on any atom is -0.470 e. The van der Waals surface area contributed by atoms with E-state index in [0.717, 1.165) is 5.69 Å². The van der Waals surface area contributed by atoms with Crippen molar-refractivity contribution in [2.45, 2.75) is 0 Å². The smallest absolute Gasteiger partial charge is 0.153 e. The molecule has 0 aliphatic carbocycles. The average molecular weight is 201 g/mol. The van der Waals surface area contributed by atoms with E-state index in [0.29, 0.717) is 16.9 Å². The molecule has 0 aromatic carbocycles. The second-order valence-corrected chi connectivity index (χ2v) is 3.03. The van der Waals surface area contributed by atoms with Crippen molar-refractivity contribution in [2.24, 2.45) is 0 Å². The van der Waals surface area contributed by atoms with Crippen LogP contribution in [0.15, 0.2) is 35.5 Å². The van der Waals surface area contributed by atoms with Crippen LogP contribution in [0.4, 0.5) is 5.82 Å². The van der Waals surface area contributed by atoms with Crippen molar-refractivity contribution in [3.05, 3.63) is 31.1 Å². The van der Waals surface area contributed by atoms with Crippen LogP contribution in [0.5, 0.6) is 0 Å². The van der Waals surface area contributed by atoms with Gasteiger partial charge >= 0.3 is 0 Å². The number of fused-ring (bicyclic) bond motifs is 1. The highest BCUT2D eigenvalue weighted by Crippen LogP contribution is 2.19. The number of aromatic nitrogens is 4. The summed E-state index contributed by atoms with van der Waals surface area (Å²) in [5, 5.41) is 4.17. The zero-order valence-corrected chi connectivity index (χ0v) is 7.66. The van der Waals surface area contributed by atoms with Crippen LogP contribution in [0.1, 0.15) is 0 Å². The molecular weight excluding hydrogens is 194 g/mol. The highest BCUT2D eigenvalue weighted by Gasteiger charge is 2.09. The molecule has 0 spiro atoms. The molecule has 15 heavy (non-hydrogen) atoms. The molecule has 3 aromatic heterocycles. The molecule has 3 heterocycles. The Kier molecular flexibility index (Phi) is 1.49. The number of nitrogens with zero attached hydrogens (tertiary/aromatic N) is 4. The molecule has 2 N–H and O–H groups in total. The van der Waals surface area contributed by atoms with Gasteiger partial charge in [-0.15, -0.1) is 0 Å². The second-order valence-electron chi connectivity index (χ2n) is 3.03. The first kappa shape index (κ1) is 7.98. The molecule has 0 fully saturated rings. The van der Waals surface area contributed by atoms with Gasteiger partial charge in [0.05, 0.1) is 12.5 Å². The molecule has 0 atom stereocenters. The van der Waals surface area contributed by atoms with E-state index in [1.807, 2.05) is 0 Å². The van der Waals surface area contributed by atoms with E-state index in [1.165, 1.54) is 6.33 Å². The molecule has 6 nitrogen and oxygen atoms in total. The van der Waals surface area contributed by atoms with Crippen LogP contribution in [0.25, 0.3) is 16.7 Å². The lowest BCUT2D eigenvalue weighted by molar-refractivity contribution is 0.565. The molecule has 0 saturated heterocycles. The van der Waals surface area contributed by atoms with Gasteiger partial charge in [0, 0.05) is 6.07 Å². The van der Waals surface area contributed by atoms with Crippen LogP contribution >= 0.6 is 0 Å². The lowest BCUT2D eigenvalue weighted by Gasteiger charge is -1.99. The van der Waals surface area contributed by atoms with Crippen LogP contribution < -0.4 is 5.73 Å². The highest BCUT2D eigenvalue weighted by atomic mass is 16.3. The first-order valence-corrected chi connectivity index (χ1v) is 4.33. The molecule has 0 aliphatic rings. The van der Waals surface area contributed by atoms with Gasteiger partial charge in [0.25, 0.3) is 0 Å². The molecule has 6 heteroatoms. The summed E-state index contributed by atoms with van der Waals surface area (Å²) < 4.78 is 6.63. The molecule has 3 aromatic rings. The molecule has 0 bridgehead atoms. The van der Waals surface area contributed by atoms with E-state index in [4.69, 9.17) is 10.2 Å². The summed E-state index contributed by atoms with van der Waals surface area (Å²) in [4.78, 5) is 7.99. The number of furan rings is 1. The average Bonchev–Trinajstić information content (AvgIpc) is 2.85. The maximum absolute atomic E-state index is 5.77. The first-order chi connectivity index (χ1) is 7.36. The number of nitrogen functional groups attached to an aromatic ring is 1. The Hall–Kier alpha value is -2.37. The van der Waals surface area contributed by atoms with E-state index >= 15 is 0 Å². The first-order valence-electron chi connectivity index (χ1n) is 4.33. The third-order valence-corrected chi connectivity index (χ3v) is 2.14. The summed E-state index contributed by atoms with van der Waals surface area (Å²) in [6, 6.07) is 1.79. The molecule has 0 aliphatic heterocycles. The van der Waals surface area contributed by atoms with E-state index in [-0.39, 0.29) is 0 Å². The van der Waals surface area contributed by atoms with Gasteiger partial charge in [0.1, 0.15) is 29.3 Å². The molecule has 74 valence electrons. The predicted octanol–water partition coefficient (Wildman–Crippen LogP) is 0.991. The maximum atomic E-state index is 5.77. The number of nitrogens with two attached hydrogens (primary N) is 1. The van der Waals surface area contributed by atoms with E-state index in [2.05, 4.69) is 15.1 Å². The minimum absolute atomic E-state index is 0.402. The number of anilines is 1. The van der Waals surface area contributed by atoms with E-state index in [9.17, 15) is 0 Å². The normalized spacial score (nSPS) is 10.9. The van der Waals surface area contributed by atoms with Gasteiger partial charge in [0.15, 0.2) is 5.82 Å². The summed E-state index contributed by atoms with van der Waals surface area (Å²) in [7, 11) is 0. The lowest BCUT2D eigenvalue weighted by atomic mass is 10.4. The zero-order chi connectivity index (χ0) is 10.3. The van der Waals surface area contributed by atoms with Crippen molar-refractivity contribution in [2.75, 3.05) is 5.73 Å². The largest absolute Gasteiger partial charge is 0.470 e. The van der Waals surface area contributed by atoms with E-state index < -0.39 is 0 Å². The quantitative estimate of drug-likeness (QED) is 0.634. The lowest BCUT2D eigenvalue weighted by Crippen LogP contribution is -1.99. The summed E-state index contributed by atoms with van der Waals surface area (Å²) in [6.07, 6.45) is 6.21. The fourth-order valence-electron chi connectivity index (χ4n) is 1.46. The van der Waals surface area contributed by atoms with Gasteiger partial charge in [0.2, 0.25) is 0 Å². The summed E-state index contributed by atoms with van der Waals surface area (Å²) >= 11 is 0. The van der Waals surface area contributed by atoms with E-state index in [1.54, 1.807) is 29.5 Å². The van der Waals surface area contributed by atoms with Gasteiger partial charge < -0.3 is 10.2 Å². The third kappa shape index (κ3) is 1.08. The van der Waals surface area contributed by atoms with Crippen molar-refractivity contribution in [3.8, 4) is 5.69 Å². The van der Waals surface area contributed by atoms with Crippen LogP contribution in [0, 0.1) is 0 Å². The van der Waals surface area contributed by atoms with Crippen LogP contribution in [-0.2, 0) is 0 Å². The molecule has 3 rings (SSSR count). The Balaban J connectivity index is 2.37. The monoisotopic (exact) mass is 201 g/mol. The van der Waals surface area contributed by atoms with Crippen LogP contribution in [0.2, 0.25) is 0 Å². The van der Waals surface area contributed by atoms with Crippen molar-refractivity contribution >= 4 is 16.9 Å². The van der Waals surface area contributed by atoms with Gasteiger partial charge in [-0.3, -0.25) is 0 Å². The topological polar surface area (TPSA) is 82.8 Å². The van der Waals surface area contributed by atoms with Crippen molar-refractivity contribution < 1.29 is 4.42 Å². The van der Waals surface area contributed by atoms with Crippen molar-refractivity contribution in [1.29, 1.82) is 0 Å². The molecular formula is C9H7N5O. The number of hydrogen-bond donors (Lipinski definition) is 1. The standard InChI is InChI=1S/C9H7N5O/c10-9-8-7(11-5-12-9)3-13-14(8)6-1-2-15-4-6/h1-5H,(H2,10,11,12). The maximum Gasteiger partial charge on any atom is 0.153 e. The Morgan fingerprint density at radius 2 is 2.27 bits per heavy atom. The van der Waals surface area contributed by atoms with Gasteiger partial charge in [-0.25, -0.2) is 14.6 Å². The Morgan fingerprint density at radius 1 is 1.33 bits per heavy atom. The fraction of sp³-hybridized carbons (Fsp3) is 0. The number of rotatable bonds is 1. The SMILES string of the molecule is Nc1ncnc2cnn(-c3ccoc3)c12. The van der Waals surface area contributed by atoms with Gasteiger partial charge in [-0.2, -0.15) is 5.10 Å². The second kappa shape index (κ2) is 2.81. The Morgan fingerprint density at radius 3 is 3.07 bits per heavy atom. The summed E-state index contributed by atoms with van der Waals surface area (Å²) in [5.74, 6) is 0.402. The van der Waals surface area contributed by atoms with Gasteiger partial charge in [-0.05, 0) is 0 Å². The molecule has 0 unspecified atom stereocenters. The minimum atomic E-state index is 0.402. The van der Waals surface area contributed by atoms with Crippen LogP contribution in [-0.4, -0.2) is 19.7 Å². The highest BCUT2D eigenvalue weighted by molar-refractivity contribution is 5.85. The predicted molar refractivity (Wildman–Crippen MR) is 53.3 cm³/mol.